The summed E-state index contributed by atoms with van der Waals surface area (Å²) >= 11 is 0. The van der Waals surface area contributed by atoms with Gasteiger partial charge in [-0.1, -0.05) is 12.1 Å². The molecule has 1 N–H and O–H groups in total. The molecule has 1 heterocycles. The summed E-state index contributed by atoms with van der Waals surface area (Å²) in [6.45, 7) is 4.39. The van der Waals surface area contributed by atoms with Crippen molar-refractivity contribution >= 4 is 28.6 Å². The maximum absolute atomic E-state index is 12.7. The zero-order chi connectivity index (χ0) is 21.0. The van der Waals surface area contributed by atoms with Crippen LogP contribution >= 0.6 is 0 Å². The number of nitrogens with zero attached hydrogens (tertiary/aromatic N) is 3. The van der Waals surface area contributed by atoms with Gasteiger partial charge in [0.2, 0.25) is 5.91 Å². The zero-order valence-corrected chi connectivity index (χ0v) is 17.2. The standard InChI is InChI=1S/C22H26N4O3/c1-15(2)29-22(28)16-9-11-17(12-10-16)23-21(27)14-26-19-8-6-5-7-18(19)24-20(26)13-25(3)4/h5-12,15H,13-14H2,1-4H3,(H,23,27). The van der Waals surface area contributed by atoms with Gasteiger partial charge in [-0.3, -0.25) is 4.79 Å². The largest absolute Gasteiger partial charge is 0.459 e. The van der Waals surface area contributed by atoms with Gasteiger partial charge in [-0.05, 0) is 64.3 Å². The van der Waals surface area contributed by atoms with E-state index in [2.05, 4.69) is 10.3 Å². The molecule has 2 aromatic carbocycles. The van der Waals surface area contributed by atoms with E-state index < -0.39 is 0 Å². The third kappa shape index (κ3) is 5.20. The lowest BCUT2D eigenvalue weighted by Gasteiger charge is -2.13. The minimum Gasteiger partial charge on any atom is -0.459 e. The van der Waals surface area contributed by atoms with Gasteiger partial charge in [0, 0.05) is 5.69 Å². The van der Waals surface area contributed by atoms with E-state index in [1.165, 1.54) is 0 Å². The fourth-order valence-corrected chi connectivity index (χ4v) is 3.02. The summed E-state index contributed by atoms with van der Waals surface area (Å²) in [5, 5.41) is 2.88. The summed E-state index contributed by atoms with van der Waals surface area (Å²) in [7, 11) is 3.94. The molecule has 0 saturated heterocycles. The van der Waals surface area contributed by atoms with E-state index in [0.29, 0.717) is 17.8 Å². The van der Waals surface area contributed by atoms with Crippen LogP contribution in [0.25, 0.3) is 11.0 Å². The van der Waals surface area contributed by atoms with Crippen molar-refractivity contribution in [3.63, 3.8) is 0 Å². The first-order chi connectivity index (χ1) is 13.8. The minimum atomic E-state index is -0.379. The Balaban J connectivity index is 1.73. The molecule has 0 bridgehead atoms. The molecule has 0 unspecified atom stereocenters. The van der Waals surface area contributed by atoms with E-state index in [0.717, 1.165) is 16.9 Å². The van der Waals surface area contributed by atoms with Gasteiger partial charge < -0.3 is 19.5 Å². The number of amides is 1. The average molecular weight is 394 g/mol. The Morgan fingerprint density at radius 3 is 2.45 bits per heavy atom. The van der Waals surface area contributed by atoms with Gasteiger partial charge in [-0.2, -0.15) is 0 Å². The molecule has 0 atom stereocenters. The van der Waals surface area contributed by atoms with Gasteiger partial charge in [0.05, 0.1) is 29.2 Å². The van der Waals surface area contributed by atoms with Crippen molar-refractivity contribution in [2.24, 2.45) is 0 Å². The highest BCUT2D eigenvalue weighted by Crippen LogP contribution is 2.18. The Labute approximate surface area is 170 Å². The van der Waals surface area contributed by atoms with Crippen LogP contribution < -0.4 is 5.32 Å². The number of benzene rings is 2. The number of para-hydroxylation sites is 2. The van der Waals surface area contributed by atoms with Crippen molar-refractivity contribution in [2.45, 2.75) is 33.0 Å². The third-order valence-electron chi connectivity index (χ3n) is 4.24. The molecule has 7 heteroatoms. The van der Waals surface area contributed by atoms with Crippen LogP contribution in [0.3, 0.4) is 0 Å². The molecule has 7 nitrogen and oxygen atoms in total. The number of rotatable bonds is 7. The average Bonchev–Trinajstić information content (AvgIpc) is 2.98. The highest BCUT2D eigenvalue weighted by molar-refractivity contribution is 5.93. The Morgan fingerprint density at radius 2 is 1.79 bits per heavy atom. The van der Waals surface area contributed by atoms with Gasteiger partial charge in [-0.25, -0.2) is 9.78 Å². The summed E-state index contributed by atoms with van der Waals surface area (Å²) in [5.41, 5.74) is 2.86. The molecule has 1 amide bonds. The SMILES string of the molecule is CC(C)OC(=O)c1ccc(NC(=O)Cn2c(CN(C)C)nc3ccccc32)cc1. The second kappa shape index (κ2) is 8.87. The fraction of sp³-hybridized carbons (Fsp3) is 0.318. The molecule has 29 heavy (non-hydrogen) atoms. The minimum absolute atomic E-state index is 0.154. The van der Waals surface area contributed by atoms with Gasteiger partial charge in [-0.15, -0.1) is 0 Å². The molecule has 3 rings (SSSR count). The fourth-order valence-electron chi connectivity index (χ4n) is 3.02. The molecule has 1 aromatic heterocycles. The first-order valence-corrected chi connectivity index (χ1v) is 9.53. The molecule has 0 aliphatic carbocycles. The monoisotopic (exact) mass is 394 g/mol. The number of carbonyl (C=O) groups excluding carboxylic acids is 2. The van der Waals surface area contributed by atoms with Crippen LogP contribution in [-0.2, 0) is 22.6 Å². The van der Waals surface area contributed by atoms with Crippen molar-refractivity contribution in [1.29, 1.82) is 0 Å². The number of fused-ring (bicyclic) bond motifs is 1. The summed E-state index contributed by atoms with van der Waals surface area (Å²) in [6, 6.07) is 14.5. The molecule has 3 aromatic rings. The number of hydrogen-bond donors (Lipinski definition) is 1. The second-order valence-electron chi connectivity index (χ2n) is 7.42. The topological polar surface area (TPSA) is 76.5 Å². The van der Waals surface area contributed by atoms with E-state index in [-0.39, 0.29) is 24.5 Å². The third-order valence-corrected chi connectivity index (χ3v) is 4.24. The van der Waals surface area contributed by atoms with Crippen LogP contribution in [0.5, 0.6) is 0 Å². The van der Waals surface area contributed by atoms with E-state index in [1.807, 2.05) is 47.8 Å². The van der Waals surface area contributed by atoms with Crippen molar-refractivity contribution in [3.8, 4) is 0 Å². The summed E-state index contributed by atoms with van der Waals surface area (Å²) in [6.07, 6.45) is -0.178. The molecule has 0 aliphatic rings. The molecule has 0 saturated carbocycles. The summed E-state index contributed by atoms with van der Waals surface area (Å²) < 4.78 is 7.10. The van der Waals surface area contributed by atoms with Crippen LogP contribution in [-0.4, -0.2) is 46.5 Å². The predicted octanol–water partition coefficient (Wildman–Crippen LogP) is 3.30. The first kappa shape index (κ1) is 20.5. The predicted molar refractivity (Wildman–Crippen MR) is 113 cm³/mol. The number of esters is 1. The number of carbonyl (C=O) groups is 2. The van der Waals surface area contributed by atoms with E-state index in [1.54, 1.807) is 38.1 Å². The number of nitrogens with one attached hydrogen (secondary N) is 1. The lowest BCUT2D eigenvalue weighted by Crippen LogP contribution is -2.22. The Hall–Kier alpha value is -3.19. The Bertz CT molecular complexity index is 1010. The molecule has 152 valence electrons. The van der Waals surface area contributed by atoms with Crippen LogP contribution in [0, 0.1) is 0 Å². The highest BCUT2D eigenvalue weighted by atomic mass is 16.5. The van der Waals surface area contributed by atoms with E-state index in [9.17, 15) is 9.59 Å². The molecule has 0 fully saturated rings. The van der Waals surface area contributed by atoms with Gasteiger partial charge in [0.1, 0.15) is 12.4 Å². The zero-order valence-electron chi connectivity index (χ0n) is 17.2. The van der Waals surface area contributed by atoms with Crippen LogP contribution in [0.1, 0.15) is 30.0 Å². The van der Waals surface area contributed by atoms with Crippen molar-refractivity contribution in [2.75, 3.05) is 19.4 Å². The lowest BCUT2D eigenvalue weighted by atomic mass is 10.2. The van der Waals surface area contributed by atoms with Gasteiger partial charge in [0.15, 0.2) is 0 Å². The summed E-state index contributed by atoms with van der Waals surface area (Å²) in [4.78, 5) is 31.3. The van der Waals surface area contributed by atoms with Crippen molar-refractivity contribution < 1.29 is 14.3 Å². The smallest absolute Gasteiger partial charge is 0.338 e. The van der Waals surface area contributed by atoms with E-state index >= 15 is 0 Å². The first-order valence-electron chi connectivity index (χ1n) is 9.53. The Kier molecular flexibility index (Phi) is 6.29. The maximum atomic E-state index is 12.7. The quantitative estimate of drug-likeness (QED) is 0.622. The summed E-state index contributed by atoms with van der Waals surface area (Å²) in [5.74, 6) is 0.292. The van der Waals surface area contributed by atoms with Gasteiger partial charge in [0.25, 0.3) is 0 Å². The molecular formula is C22H26N4O3. The molecule has 0 spiro atoms. The molecule has 0 aliphatic heterocycles. The van der Waals surface area contributed by atoms with Crippen LogP contribution in [0.2, 0.25) is 0 Å². The Morgan fingerprint density at radius 1 is 1.10 bits per heavy atom. The normalized spacial score (nSPS) is 11.2. The lowest BCUT2D eigenvalue weighted by molar-refractivity contribution is -0.116. The second-order valence-corrected chi connectivity index (χ2v) is 7.42. The van der Waals surface area contributed by atoms with E-state index in [4.69, 9.17) is 4.74 Å². The van der Waals surface area contributed by atoms with Crippen LogP contribution in [0.15, 0.2) is 48.5 Å². The van der Waals surface area contributed by atoms with Crippen molar-refractivity contribution in [3.05, 3.63) is 59.9 Å². The van der Waals surface area contributed by atoms with Gasteiger partial charge >= 0.3 is 5.97 Å². The number of anilines is 1. The molecule has 0 radical (unpaired) electrons. The maximum Gasteiger partial charge on any atom is 0.338 e. The highest BCUT2D eigenvalue weighted by Gasteiger charge is 2.15. The number of hydrogen-bond acceptors (Lipinski definition) is 5. The van der Waals surface area contributed by atoms with Crippen LogP contribution in [0.4, 0.5) is 5.69 Å². The number of ether oxygens (including phenoxy) is 1. The number of imidazole rings is 1. The molecular weight excluding hydrogens is 368 g/mol. The number of aromatic nitrogens is 2. The van der Waals surface area contributed by atoms with Crippen molar-refractivity contribution in [1.82, 2.24) is 14.5 Å².